The third-order valence-corrected chi connectivity index (χ3v) is 4.17. The number of benzene rings is 1. The number of carbonyl (C=O) groups excluding carboxylic acids is 1. The average molecular weight is 302 g/mol. The van der Waals surface area contributed by atoms with Gasteiger partial charge in [-0.25, -0.2) is 0 Å². The summed E-state index contributed by atoms with van der Waals surface area (Å²) in [7, 11) is 0. The van der Waals surface area contributed by atoms with Gasteiger partial charge in [0.1, 0.15) is 5.75 Å². The van der Waals surface area contributed by atoms with Crippen LogP contribution in [-0.2, 0) is 11.2 Å². The maximum atomic E-state index is 12.3. The number of fused-ring (bicyclic) bond motifs is 1. The lowest BCUT2D eigenvalue weighted by atomic mass is 10.1. The van der Waals surface area contributed by atoms with Crippen LogP contribution in [0.5, 0.6) is 5.75 Å². The van der Waals surface area contributed by atoms with E-state index in [2.05, 4.69) is 27.5 Å². The van der Waals surface area contributed by atoms with Crippen LogP contribution in [0.15, 0.2) is 41.1 Å². The van der Waals surface area contributed by atoms with Crippen molar-refractivity contribution in [2.45, 2.75) is 25.5 Å². The Bertz CT molecular complexity index is 612. The van der Waals surface area contributed by atoms with E-state index in [1.807, 2.05) is 31.2 Å². The molecule has 1 aromatic carbocycles. The first-order valence-electron chi connectivity index (χ1n) is 7.03. The summed E-state index contributed by atoms with van der Waals surface area (Å²) in [5.74, 6) is 0.661. The third-order valence-electron chi connectivity index (χ3n) is 3.44. The van der Waals surface area contributed by atoms with Crippen LogP contribution >= 0.6 is 11.3 Å². The number of para-hydroxylation sites is 2. The molecule has 0 saturated carbocycles. The fourth-order valence-electron chi connectivity index (χ4n) is 2.41. The maximum Gasteiger partial charge on any atom is 0.263 e. The summed E-state index contributed by atoms with van der Waals surface area (Å²) in [6, 6.07) is 9.84. The van der Waals surface area contributed by atoms with E-state index in [1.165, 1.54) is 5.56 Å². The van der Waals surface area contributed by atoms with E-state index in [0.717, 1.165) is 17.9 Å². The van der Waals surface area contributed by atoms with Gasteiger partial charge in [0, 0.05) is 6.04 Å². The predicted octanol–water partition coefficient (Wildman–Crippen LogP) is 2.67. The number of carbonyl (C=O) groups is 1. The predicted molar refractivity (Wildman–Crippen MR) is 85.0 cm³/mol. The minimum atomic E-state index is -0.482. The molecule has 21 heavy (non-hydrogen) atoms. The molecule has 110 valence electrons. The molecule has 5 heteroatoms. The van der Waals surface area contributed by atoms with E-state index in [0.29, 0.717) is 6.54 Å². The molecule has 2 unspecified atom stereocenters. The van der Waals surface area contributed by atoms with Crippen molar-refractivity contribution in [2.24, 2.45) is 0 Å². The first-order valence-corrected chi connectivity index (χ1v) is 7.97. The highest BCUT2D eigenvalue weighted by molar-refractivity contribution is 7.07. The highest BCUT2D eigenvalue weighted by atomic mass is 32.1. The van der Waals surface area contributed by atoms with Crippen molar-refractivity contribution in [1.29, 1.82) is 0 Å². The molecule has 0 bridgehead atoms. The molecule has 1 aromatic heterocycles. The second kappa shape index (κ2) is 6.18. The van der Waals surface area contributed by atoms with Gasteiger partial charge in [-0.05, 0) is 47.9 Å². The molecule has 2 N–H and O–H groups in total. The van der Waals surface area contributed by atoms with Gasteiger partial charge < -0.3 is 15.4 Å². The van der Waals surface area contributed by atoms with E-state index in [4.69, 9.17) is 4.74 Å². The molecule has 0 fully saturated rings. The smallest absolute Gasteiger partial charge is 0.263 e. The summed E-state index contributed by atoms with van der Waals surface area (Å²) in [6.45, 7) is 2.51. The lowest BCUT2D eigenvalue weighted by molar-refractivity contribution is -0.128. The molecule has 2 aromatic rings. The topological polar surface area (TPSA) is 50.4 Å². The highest BCUT2D eigenvalue weighted by Gasteiger charge is 2.26. The fraction of sp³-hybridized carbons (Fsp3) is 0.312. The van der Waals surface area contributed by atoms with Gasteiger partial charge in [-0.3, -0.25) is 4.79 Å². The number of anilines is 1. The molecule has 2 heterocycles. The van der Waals surface area contributed by atoms with Gasteiger partial charge >= 0.3 is 0 Å². The normalized spacial score (nSPS) is 18.0. The van der Waals surface area contributed by atoms with Crippen molar-refractivity contribution in [3.8, 4) is 5.75 Å². The van der Waals surface area contributed by atoms with Gasteiger partial charge in [0.05, 0.1) is 12.2 Å². The summed E-state index contributed by atoms with van der Waals surface area (Å²) in [6.07, 6.45) is 0.358. The summed E-state index contributed by atoms with van der Waals surface area (Å²) in [5.41, 5.74) is 2.19. The number of thiophene rings is 1. The Morgan fingerprint density at radius 3 is 3.14 bits per heavy atom. The monoisotopic (exact) mass is 302 g/mol. The lowest BCUT2D eigenvalue weighted by Crippen LogP contribution is -2.47. The van der Waals surface area contributed by atoms with Gasteiger partial charge in [0.25, 0.3) is 5.91 Å². The van der Waals surface area contributed by atoms with E-state index in [-0.39, 0.29) is 11.9 Å². The Morgan fingerprint density at radius 2 is 2.33 bits per heavy atom. The van der Waals surface area contributed by atoms with Crippen molar-refractivity contribution in [3.63, 3.8) is 0 Å². The molecular weight excluding hydrogens is 284 g/mol. The maximum absolute atomic E-state index is 12.3. The number of hydrogen-bond acceptors (Lipinski definition) is 4. The van der Waals surface area contributed by atoms with Crippen molar-refractivity contribution in [1.82, 2.24) is 5.32 Å². The molecule has 1 aliphatic heterocycles. The highest BCUT2D eigenvalue weighted by Crippen LogP contribution is 2.28. The molecule has 0 aliphatic carbocycles. The summed E-state index contributed by atoms with van der Waals surface area (Å²) in [5, 5.41) is 10.4. The Balaban J connectivity index is 1.56. The molecule has 1 amide bonds. The zero-order valence-corrected chi connectivity index (χ0v) is 12.7. The summed E-state index contributed by atoms with van der Waals surface area (Å²) < 4.78 is 5.76. The Hall–Kier alpha value is -2.01. The summed E-state index contributed by atoms with van der Waals surface area (Å²) >= 11 is 1.67. The van der Waals surface area contributed by atoms with Crippen LogP contribution in [0.25, 0.3) is 0 Å². The van der Waals surface area contributed by atoms with Crippen molar-refractivity contribution < 1.29 is 9.53 Å². The lowest BCUT2D eigenvalue weighted by Gasteiger charge is -2.27. The SMILES string of the molecule is CC(Cc1ccsc1)NC(=O)C1CNc2ccccc2O1. The first kappa shape index (κ1) is 13.9. The van der Waals surface area contributed by atoms with Crippen LogP contribution in [-0.4, -0.2) is 24.6 Å². The number of hydrogen-bond donors (Lipinski definition) is 2. The Labute approximate surface area is 128 Å². The van der Waals surface area contributed by atoms with Gasteiger partial charge in [0.2, 0.25) is 0 Å². The second-order valence-electron chi connectivity index (χ2n) is 5.23. The molecule has 0 radical (unpaired) electrons. The van der Waals surface area contributed by atoms with E-state index < -0.39 is 6.10 Å². The molecule has 2 atom stereocenters. The van der Waals surface area contributed by atoms with Gasteiger partial charge in [-0.1, -0.05) is 12.1 Å². The van der Waals surface area contributed by atoms with Gasteiger partial charge in [0.15, 0.2) is 6.10 Å². The summed E-state index contributed by atoms with van der Waals surface area (Å²) in [4.78, 5) is 12.3. The van der Waals surface area contributed by atoms with Crippen molar-refractivity contribution in [3.05, 3.63) is 46.7 Å². The largest absolute Gasteiger partial charge is 0.477 e. The van der Waals surface area contributed by atoms with Crippen LogP contribution in [0, 0.1) is 0 Å². The average Bonchev–Trinajstić information content (AvgIpc) is 2.99. The van der Waals surface area contributed by atoms with E-state index in [1.54, 1.807) is 11.3 Å². The van der Waals surface area contributed by atoms with Crippen LogP contribution in [0.2, 0.25) is 0 Å². The molecule has 1 aliphatic rings. The number of nitrogens with one attached hydrogen (secondary N) is 2. The molecule has 0 saturated heterocycles. The van der Waals surface area contributed by atoms with Crippen LogP contribution in [0.4, 0.5) is 5.69 Å². The van der Waals surface area contributed by atoms with Crippen molar-refractivity contribution in [2.75, 3.05) is 11.9 Å². The van der Waals surface area contributed by atoms with Crippen LogP contribution in [0.1, 0.15) is 12.5 Å². The third kappa shape index (κ3) is 3.36. The number of ether oxygens (including phenoxy) is 1. The Morgan fingerprint density at radius 1 is 1.48 bits per heavy atom. The molecule has 0 spiro atoms. The van der Waals surface area contributed by atoms with Gasteiger partial charge in [-0.15, -0.1) is 0 Å². The second-order valence-corrected chi connectivity index (χ2v) is 6.01. The van der Waals surface area contributed by atoms with E-state index >= 15 is 0 Å². The molecular formula is C16H18N2O2S. The van der Waals surface area contributed by atoms with Crippen LogP contribution in [0.3, 0.4) is 0 Å². The zero-order chi connectivity index (χ0) is 14.7. The first-order chi connectivity index (χ1) is 10.2. The quantitative estimate of drug-likeness (QED) is 0.913. The number of rotatable bonds is 4. The minimum Gasteiger partial charge on any atom is -0.477 e. The standard InChI is InChI=1S/C16H18N2O2S/c1-11(8-12-6-7-21-10-12)18-16(19)15-9-17-13-4-2-3-5-14(13)20-15/h2-7,10-11,15,17H,8-9H2,1H3,(H,18,19). The Kier molecular flexibility index (Phi) is 4.10. The van der Waals surface area contributed by atoms with Gasteiger partial charge in [-0.2, -0.15) is 11.3 Å². The minimum absolute atomic E-state index is 0.0697. The molecule has 3 rings (SSSR count). The molecule has 4 nitrogen and oxygen atoms in total. The van der Waals surface area contributed by atoms with Crippen molar-refractivity contribution >= 4 is 22.9 Å². The zero-order valence-electron chi connectivity index (χ0n) is 11.8. The number of amides is 1. The van der Waals surface area contributed by atoms with Crippen LogP contribution < -0.4 is 15.4 Å². The fourth-order valence-corrected chi connectivity index (χ4v) is 3.09. The van der Waals surface area contributed by atoms with E-state index in [9.17, 15) is 4.79 Å².